The van der Waals surface area contributed by atoms with Crippen LogP contribution in [0.15, 0.2) is 0 Å². The van der Waals surface area contributed by atoms with Gasteiger partial charge in [-0.05, 0) is 17.9 Å². The summed E-state index contributed by atoms with van der Waals surface area (Å²) in [5.74, 6) is 0. The minimum atomic E-state index is 0.250. The molecular formula is C10H22N2. The Balaban J connectivity index is 2.86. The molecule has 1 aliphatic heterocycles. The van der Waals surface area contributed by atoms with Gasteiger partial charge >= 0.3 is 0 Å². The molecule has 0 aromatic heterocycles. The minimum absolute atomic E-state index is 0.250. The van der Waals surface area contributed by atoms with Crippen molar-refractivity contribution in [2.75, 3.05) is 20.1 Å². The number of nitrogens with zero attached hydrogens (tertiary/aromatic N) is 1. The van der Waals surface area contributed by atoms with Crippen LogP contribution in [0.5, 0.6) is 0 Å². The number of hydrogen-bond donors (Lipinski definition) is 1. The van der Waals surface area contributed by atoms with Crippen LogP contribution in [0.2, 0.25) is 0 Å². The van der Waals surface area contributed by atoms with Gasteiger partial charge in [0.1, 0.15) is 0 Å². The molecule has 0 saturated carbocycles. The molecule has 1 fully saturated rings. The zero-order chi connectivity index (χ0) is 9.57. The maximum atomic E-state index is 6.14. The highest BCUT2D eigenvalue weighted by Crippen LogP contribution is 2.43. The van der Waals surface area contributed by atoms with Crippen molar-refractivity contribution in [2.45, 2.75) is 33.7 Å². The highest BCUT2D eigenvalue weighted by atomic mass is 15.1. The van der Waals surface area contributed by atoms with E-state index in [9.17, 15) is 0 Å². The van der Waals surface area contributed by atoms with Gasteiger partial charge in [-0.3, -0.25) is 0 Å². The second-order valence-corrected chi connectivity index (χ2v) is 5.41. The van der Waals surface area contributed by atoms with Crippen LogP contribution >= 0.6 is 0 Å². The lowest BCUT2D eigenvalue weighted by molar-refractivity contribution is -0.0121. The van der Waals surface area contributed by atoms with E-state index in [1.807, 2.05) is 0 Å². The van der Waals surface area contributed by atoms with E-state index in [0.29, 0.717) is 11.5 Å². The minimum Gasteiger partial charge on any atom is -0.326 e. The number of likely N-dealkylation sites (N-methyl/N-ethyl adjacent to an activating group) is 1. The molecular weight excluding hydrogens is 148 g/mol. The van der Waals surface area contributed by atoms with Crippen LogP contribution in [0.25, 0.3) is 0 Å². The molecule has 0 amide bonds. The molecule has 1 heterocycles. The van der Waals surface area contributed by atoms with E-state index in [0.717, 1.165) is 13.1 Å². The average Bonchev–Trinajstić information content (AvgIpc) is 1.82. The van der Waals surface area contributed by atoms with Crippen molar-refractivity contribution in [1.82, 2.24) is 4.90 Å². The monoisotopic (exact) mass is 170 g/mol. The van der Waals surface area contributed by atoms with Crippen LogP contribution in [0.3, 0.4) is 0 Å². The summed E-state index contributed by atoms with van der Waals surface area (Å²) >= 11 is 0. The average molecular weight is 170 g/mol. The molecule has 0 spiro atoms. The Morgan fingerprint density at radius 3 is 2.17 bits per heavy atom. The molecule has 1 unspecified atom stereocenters. The molecule has 1 rings (SSSR count). The van der Waals surface area contributed by atoms with Crippen molar-refractivity contribution in [3.63, 3.8) is 0 Å². The second kappa shape index (κ2) is 2.71. The van der Waals surface area contributed by atoms with Crippen LogP contribution in [-0.2, 0) is 0 Å². The number of hydrogen-bond acceptors (Lipinski definition) is 2. The third-order valence-corrected chi connectivity index (χ3v) is 3.84. The zero-order valence-electron chi connectivity index (χ0n) is 9.02. The predicted octanol–water partition coefficient (Wildman–Crippen LogP) is 1.31. The van der Waals surface area contributed by atoms with Crippen molar-refractivity contribution >= 4 is 0 Å². The molecule has 1 aliphatic rings. The van der Waals surface area contributed by atoms with E-state index in [2.05, 4.69) is 39.6 Å². The molecule has 0 bridgehead atoms. The zero-order valence-corrected chi connectivity index (χ0v) is 9.02. The molecule has 0 aromatic carbocycles. The first-order valence-electron chi connectivity index (χ1n) is 4.71. The molecule has 0 aromatic rings. The molecule has 72 valence electrons. The van der Waals surface area contributed by atoms with Gasteiger partial charge in [0, 0.05) is 19.1 Å². The summed E-state index contributed by atoms with van der Waals surface area (Å²) in [5, 5.41) is 0. The second-order valence-electron chi connectivity index (χ2n) is 5.41. The van der Waals surface area contributed by atoms with Crippen molar-refractivity contribution in [3.8, 4) is 0 Å². The summed E-state index contributed by atoms with van der Waals surface area (Å²) < 4.78 is 0. The van der Waals surface area contributed by atoms with E-state index in [4.69, 9.17) is 5.73 Å². The first kappa shape index (κ1) is 10.0. The van der Waals surface area contributed by atoms with Gasteiger partial charge in [0.05, 0.1) is 0 Å². The number of rotatable bonds is 0. The fourth-order valence-corrected chi connectivity index (χ4v) is 2.01. The van der Waals surface area contributed by atoms with Crippen molar-refractivity contribution in [2.24, 2.45) is 16.6 Å². The fraction of sp³-hybridized carbons (Fsp3) is 1.00. The quantitative estimate of drug-likeness (QED) is 0.594. The summed E-state index contributed by atoms with van der Waals surface area (Å²) in [4.78, 5) is 2.33. The number of nitrogens with two attached hydrogens (primary N) is 1. The van der Waals surface area contributed by atoms with Gasteiger partial charge in [-0.1, -0.05) is 27.7 Å². The SMILES string of the molecule is CN1CC(N)C(C)(C)C(C)(C)C1. The first-order chi connectivity index (χ1) is 5.27. The van der Waals surface area contributed by atoms with Crippen molar-refractivity contribution in [1.29, 1.82) is 0 Å². The molecule has 1 saturated heterocycles. The lowest BCUT2D eigenvalue weighted by Gasteiger charge is -2.52. The van der Waals surface area contributed by atoms with Crippen molar-refractivity contribution in [3.05, 3.63) is 0 Å². The maximum Gasteiger partial charge on any atom is 0.0225 e. The first-order valence-corrected chi connectivity index (χ1v) is 4.71. The van der Waals surface area contributed by atoms with Gasteiger partial charge < -0.3 is 10.6 Å². The van der Waals surface area contributed by atoms with Crippen LogP contribution in [0.1, 0.15) is 27.7 Å². The Bertz CT molecular complexity index is 173. The Kier molecular flexibility index (Phi) is 2.26. The van der Waals surface area contributed by atoms with E-state index >= 15 is 0 Å². The Morgan fingerprint density at radius 1 is 1.25 bits per heavy atom. The van der Waals surface area contributed by atoms with Crippen LogP contribution in [0.4, 0.5) is 0 Å². The van der Waals surface area contributed by atoms with Gasteiger partial charge in [-0.2, -0.15) is 0 Å². The highest BCUT2D eigenvalue weighted by molar-refractivity contribution is 4.99. The lowest BCUT2D eigenvalue weighted by Crippen LogP contribution is -2.60. The molecule has 0 aliphatic carbocycles. The molecule has 0 radical (unpaired) electrons. The molecule has 1 atom stereocenters. The van der Waals surface area contributed by atoms with Gasteiger partial charge in [0.25, 0.3) is 0 Å². The van der Waals surface area contributed by atoms with Crippen LogP contribution < -0.4 is 5.73 Å². The van der Waals surface area contributed by atoms with E-state index in [1.165, 1.54) is 0 Å². The molecule has 2 N–H and O–H groups in total. The molecule has 2 nitrogen and oxygen atoms in total. The Hall–Kier alpha value is -0.0800. The van der Waals surface area contributed by atoms with Gasteiger partial charge in [0.2, 0.25) is 0 Å². The summed E-state index contributed by atoms with van der Waals surface area (Å²) in [6, 6.07) is 0.297. The molecule has 12 heavy (non-hydrogen) atoms. The number of piperidine rings is 1. The normalized spacial score (nSPS) is 35.0. The summed E-state index contributed by atoms with van der Waals surface area (Å²) in [5.41, 5.74) is 6.71. The third-order valence-electron chi connectivity index (χ3n) is 3.84. The van der Waals surface area contributed by atoms with Crippen molar-refractivity contribution < 1.29 is 0 Å². The Labute approximate surface area is 76.1 Å². The summed E-state index contributed by atoms with van der Waals surface area (Å²) in [7, 11) is 2.15. The fourth-order valence-electron chi connectivity index (χ4n) is 2.01. The maximum absolute atomic E-state index is 6.14. The van der Waals surface area contributed by atoms with Crippen LogP contribution in [-0.4, -0.2) is 31.1 Å². The van der Waals surface area contributed by atoms with E-state index in [-0.39, 0.29) is 5.41 Å². The standard InChI is InChI=1S/C10H22N2/c1-9(2)7-12(5)6-8(11)10(9,3)4/h8H,6-7,11H2,1-5H3. The Morgan fingerprint density at radius 2 is 1.75 bits per heavy atom. The highest BCUT2D eigenvalue weighted by Gasteiger charge is 2.45. The van der Waals surface area contributed by atoms with Gasteiger partial charge in [0.15, 0.2) is 0 Å². The largest absolute Gasteiger partial charge is 0.326 e. The summed E-state index contributed by atoms with van der Waals surface area (Å²) in [6.07, 6.45) is 0. The lowest BCUT2D eigenvalue weighted by atomic mass is 9.61. The topological polar surface area (TPSA) is 29.3 Å². The van der Waals surface area contributed by atoms with Crippen LogP contribution in [0, 0.1) is 10.8 Å². The van der Waals surface area contributed by atoms with Gasteiger partial charge in [-0.25, -0.2) is 0 Å². The van der Waals surface area contributed by atoms with E-state index < -0.39 is 0 Å². The number of likely N-dealkylation sites (tertiary alicyclic amines) is 1. The van der Waals surface area contributed by atoms with Gasteiger partial charge in [-0.15, -0.1) is 0 Å². The van der Waals surface area contributed by atoms with E-state index in [1.54, 1.807) is 0 Å². The third kappa shape index (κ3) is 1.38. The predicted molar refractivity (Wildman–Crippen MR) is 53.0 cm³/mol. The smallest absolute Gasteiger partial charge is 0.0225 e. The summed E-state index contributed by atoms with van der Waals surface area (Å²) in [6.45, 7) is 11.4. The molecule has 2 heteroatoms.